The van der Waals surface area contributed by atoms with E-state index >= 15 is 0 Å². The lowest BCUT2D eigenvalue weighted by Crippen LogP contribution is -2.35. The van der Waals surface area contributed by atoms with Gasteiger partial charge in [-0.1, -0.05) is 30.3 Å². The smallest absolute Gasteiger partial charge is 0.223 e. The standard InChI is InChI=1S/C21H21FN2O2/c22-17-7-2-4-9-20(17)26-13-5-10-21(25)24-12-11-19-16(14-24)15-6-1-3-8-18(15)23-19/h1-4,6-9,23H,5,10-14H2. The summed E-state index contributed by atoms with van der Waals surface area (Å²) in [6.07, 6.45) is 1.83. The van der Waals surface area contributed by atoms with E-state index in [4.69, 9.17) is 4.74 Å². The van der Waals surface area contributed by atoms with Gasteiger partial charge in [0.2, 0.25) is 5.91 Å². The van der Waals surface area contributed by atoms with Crippen molar-refractivity contribution in [2.45, 2.75) is 25.8 Å². The molecule has 1 aliphatic heterocycles. The van der Waals surface area contributed by atoms with E-state index < -0.39 is 0 Å². The van der Waals surface area contributed by atoms with Crippen molar-refractivity contribution in [2.75, 3.05) is 13.2 Å². The summed E-state index contributed by atoms with van der Waals surface area (Å²) in [6.45, 7) is 1.71. The lowest BCUT2D eigenvalue weighted by atomic mass is 10.0. The van der Waals surface area contributed by atoms with E-state index in [-0.39, 0.29) is 17.5 Å². The molecule has 0 radical (unpaired) electrons. The van der Waals surface area contributed by atoms with Crippen molar-refractivity contribution in [3.8, 4) is 5.75 Å². The Morgan fingerprint density at radius 3 is 2.85 bits per heavy atom. The van der Waals surface area contributed by atoms with Crippen LogP contribution in [0.4, 0.5) is 4.39 Å². The lowest BCUT2D eigenvalue weighted by molar-refractivity contribution is -0.132. The minimum Gasteiger partial charge on any atom is -0.491 e. The van der Waals surface area contributed by atoms with Gasteiger partial charge in [-0.15, -0.1) is 0 Å². The number of halogens is 1. The zero-order chi connectivity index (χ0) is 17.9. The molecule has 0 bridgehead atoms. The monoisotopic (exact) mass is 352 g/mol. The van der Waals surface area contributed by atoms with E-state index in [9.17, 15) is 9.18 Å². The minimum atomic E-state index is -0.373. The van der Waals surface area contributed by atoms with Gasteiger partial charge in [-0.2, -0.15) is 0 Å². The van der Waals surface area contributed by atoms with Crippen LogP contribution in [0.2, 0.25) is 0 Å². The van der Waals surface area contributed by atoms with Crippen LogP contribution in [0.1, 0.15) is 24.1 Å². The van der Waals surface area contributed by atoms with Crippen molar-refractivity contribution in [1.29, 1.82) is 0 Å². The summed E-state index contributed by atoms with van der Waals surface area (Å²) in [7, 11) is 0. The highest BCUT2D eigenvalue weighted by Crippen LogP contribution is 2.27. The van der Waals surface area contributed by atoms with Crippen LogP contribution in [-0.2, 0) is 17.8 Å². The second-order valence-corrected chi connectivity index (χ2v) is 6.58. The first-order valence-electron chi connectivity index (χ1n) is 8.96. The number of fused-ring (bicyclic) bond motifs is 3. The van der Waals surface area contributed by atoms with Gasteiger partial charge in [0.05, 0.1) is 6.61 Å². The van der Waals surface area contributed by atoms with Crippen LogP contribution < -0.4 is 4.74 Å². The summed E-state index contributed by atoms with van der Waals surface area (Å²) in [5, 5.41) is 1.20. The number of ether oxygens (including phenoxy) is 1. The highest BCUT2D eigenvalue weighted by molar-refractivity contribution is 5.86. The van der Waals surface area contributed by atoms with Gasteiger partial charge in [0.1, 0.15) is 0 Å². The fourth-order valence-corrected chi connectivity index (χ4v) is 3.50. The molecule has 0 aliphatic carbocycles. The molecule has 4 rings (SSSR count). The quantitative estimate of drug-likeness (QED) is 0.704. The first kappa shape index (κ1) is 16.6. The molecule has 4 nitrogen and oxygen atoms in total. The van der Waals surface area contributed by atoms with Gasteiger partial charge in [-0.25, -0.2) is 4.39 Å². The molecule has 1 N–H and O–H groups in total. The molecule has 0 unspecified atom stereocenters. The van der Waals surface area contributed by atoms with Crippen molar-refractivity contribution in [1.82, 2.24) is 9.88 Å². The average molecular weight is 352 g/mol. The van der Waals surface area contributed by atoms with Gasteiger partial charge < -0.3 is 14.6 Å². The van der Waals surface area contributed by atoms with Crippen LogP contribution in [0.15, 0.2) is 48.5 Å². The topological polar surface area (TPSA) is 45.3 Å². The van der Waals surface area contributed by atoms with Crippen molar-refractivity contribution in [3.63, 3.8) is 0 Å². The number of amides is 1. The molecule has 3 aromatic rings. The largest absolute Gasteiger partial charge is 0.491 e. The van der Waals surface area contributed by atoms with Crippen LogP contribution in [0, 0.1) is 5.82 Å². The van der Waals surface area contributed by atoms with Crippen LogP contribution in [-0.4, -0.2) is 28.9 Å². The Morgan fingerprint density at radius 1 is 1.15 bits per heavy atom. The Balaban J connectivity index is 1.32. The van der Waals surface area contributed by atoms with E-state index in [2.05, 4.69) is 17.1 Å². The minimum absolute atomic E-state index is 0.123. The number of H-pyrrole nitrogens is 1. The molecular weight excluding hydrogens is 331 g/mol. The number of aromatic amines is 1. The number of carbonyl (C=O) groups excluding carboxylic acids is 1. The van der Waals surface area contributed by atoms with Gasteiger partial charge >= 0.3 is 0 Å². The highest BCUT2D eigenvalue weighted by atomic mass is 19.1. The molecule has 0 fully saturated rings. The van der Waals surface area contributed by atoms with Crippen molar-refractivity contribution in [2.24, 2.45) is 0 Å². The molecule has 1 amide bonds. The number of hydrogen-bond acceptors (Lipinski definition) is 2. The van der Waals surface area contributed by atoms with E-state index in [0.29, 0.717) is 26.0 Å². The van der Waals surface area contributed by atoms with Crippen molar-refractivity contribution in [3.05, 3.63) is 65.6 Å². The molecule has 1 aromatic heterocycles. The van der Waals surface area contributed by atoms with Gasteiger partial charge in [0.15, 0.2) is 11.6 Å². The summed E-state index contributed by atoms with van der Waals surface area (Å²) in [5.41, 5.74) is 3.59. The SMILES string of the molecule is O=C(CCCOc1ccccc1F)N1CCc2[nH]c3ccccc3c2C1. The molecule has 0 saturated heterocycles. The summed E-state index contributed by atoms with van der Waals surface area (Å²) >= 11 is 0. The third-order valence-corrected chi connectivity index (χ3v) is 4.86. The number of hydrogen-bond donors (Lipinski definition) is 1. The predicted octanol–water partition coefficient (Wildman–Crippen LogP) is 4.05. The van der Waals surface area contributed by atoms with Crippen LogP contribution in [0.25, 0.3) is 10.9 Å². The fourth-order valence-electron chi connectivity index (χ4n) is 3.50. The van der Waals surface area contributed by atoms with Crippen LogP contribution in [0.5, 0.6) is 5.75 Å². The Kier molecular flexibility index (Phi) is 4.61. The van der Waals surface area contributed by atoms with E-state index in [0.717, 1.165) is 18.5 Å². The average Bonchev–Trinajstić information content (AvgIpc) is 3.04. The number of rotatable bonds is 5. The summed E-state index contributed by atoms with van der Waals surface area (Å²) in [4.78, 5) is 17.9. The van der Waals surface area contributed by atoms with E-state index in [1.54, 1.807) is 18.2 Å². The van der Waals surface area contributed by atoms with Gasteiger partial charge in [-0.3, -0.25) is 4.79 Å². The van der Waals surface area contributed by atoms with Crippen LogP contribution in [0.3, 0.4) is 0 Å². The number of nitrogens with zero attached hydrogens (tertiary/aromatic N) is 1. The van der Waals surface area contributed by atoms with Crippen LogP contribution >= 0.6 is 0 Å². The Labute approximate surface area is 151 Å². The maximum Gasteiger partial charge on any atom is 0.223 e. The molecular formula is C21H21FN2O2. The molecule has 0 saturated carbocycles. The molecule has 0 atom stereocenters. The third-order valence-electron chi connectivity index (χ3n) is 4.86. The first-order chi connectivity index (χ1) is 12.7. The Morgan fingerprint density at radius 2 is 1.96 bits per heavy atom. The lowest BCUT2D eigenvalue weighted by Gasteiger charge is -2.27. The molecule has 5 heteroatoms. The number of nitrogens with one attached hydrogen (secondary N) is 1. The summed E-state index contributed by atoms with van der Waals surface area (Å²) in [6, 6.07) is 14.5. The normalized spacial score (nSPS) is 13.7. The number of para-hydroxylation sites is 2. The van der Waals surface area contributed by atoms with E-state index in [1.807, 2.05) is 17.0 Å². The molecule has 2 heterocycles. The molecule has 26 heavy (non-hydrogen) atoms. The van der Waals surface area contributed by atoms with Gasteiger partial charge in [0.25, 0.3) is 0 Å². The second kappa shape index (κ2) is 7.20. The number of benzene rings is 2. The zero-order valence-corrected chi connectivity index (χ0v) is 14.5. The third kappa shape index (κ3) is 3.29. The zero-order valence-electron chi connectivity index (χ0n) is 14.5. The molecule has 1 aliphatic rings. The fraction of sp³-hybridized carbons (Fsp3) is 0.286. The maximum absolute atomic E-state index is 13.5. The first-order valence-corrected chi connectivity index (χ1v) is 8.96. The van der Waals surface area contributed by atoms with Crippen molar-refractivity contribution < 1.29 is 13.9 Å². The Hall–Kier alpha value is -2.82. The maximum atomic E-state index is 13.5. The number of carbonyl (C=O) groups is 1. The summed E-state index contributed by atoms with van der Waals surface area (Å²) < 4.78 is 18.9. The number of aromatic nitrogens is 1. The van der Waals surface area contributed by atoms with Gasteiger partial charge in [-0.05, 0) is 24.6 Å². The highest BCUT2D eigenvalue weighted by Gasteiger charge is 2.23. The second-order valence-electron chi connectivity index (χ2n) is 6.58. The van der Waals surface area contributed by atoms with Crippen molar-refractivity contribution >= 4 is 16.8 Å². The Bertz CT molecular complexity index is 935. The van der Waals surface area contributed by atoms with E-state index in [1.165, 1.54) is 22.7 Å². The van der Waals surface area contributed by atoms with Gasteiger partial charge in [0, 0.05) is 48.1 Å². The predicted molar refractivity (Wildman–Crippen MR) is 98.5 cm³/mol. The molecule has 2 aromatic carbocycles. The summed E-state index contributed by atoms with van der Waals surface area (Å²) in [5.74, 6) is -0.0128. The molecule has 134 valence electrons. The molecule has 0 spiro atoms.